The highest BCUT2D eigenvalue weighted by Crippen LogP contribution is 2.38. The number of aromatic nitrogens is 2. The summed E-state index contributed by atoms with van der Waals surface area (Å²) in [5.41, 5.74) is 0. The first-order valence-corrected chi connectivity index (χ1v) is 7.56. The van der Waals surface area contributed by atoms with Crippen LogP contribution in [0.5, 0.6) is 0 Å². The van der Waals surface area contributed by atoms with Gasteiger partial charge < -0.3 is 9.26 Å². The highest BCUT2D eigenvalue weighted by atomic mass is 32.2. The number of carbonyl (C=O) groups is 1. The van der Waals surface area contributed by atoms with Gasteiger partial charge in [-0.1, -0.05) is 5.16 Å². The first-order valence-electron chi connectivity index (χ1n) is 6.41. The smallest absolute Gasteiger partial charge is 0.306 e. The van der Waals surface area contributed by atoms with Gasteiger partial charge in [-0.25, -0.2) is 0 Å². The maximum Gasteiger partial charge on any atom is 0.306 e. The van der Waals surface area contributed by atoms with Crippen molar-refractivity contribution in [3.05, 3.63) is 11.7 Å². The van der Waals surface area contributed by atoms with Crippen molar-refractivity contribution in [3.8, 4) is 0 Å². The third kappa shape index (κ3) is 3.04. The highest BCUT2D eigenvalue weighted by Gasteiger charge is 2.28. The van der Waals surface area contributed by atoms with E-state index in [-0.39, 0.29) is 12.1 Å². The molecule has 18 heavy (non-hydrogen) atoms. The molecule has 5 nitrogen and oxygen atoms in total. The third-order valence-corrected chi connectivity index (χ3v) is 4.29. The molecule has 3 rings (SSSR count). The summed E-state index contributed by atoms with van der Waals surface area (Å²) < 4.78 is 10.5. The lowest BCUT2D eigenvalue weighted by molar-refractivity contribution is -0.147. The Morgan fingerprint density at radius 2 is 2.33 bits per heavy atom. The van der Waals surface area contributed by atoms with E-state index in [2.05, 4.69) is 10.1 Å². The monoisotopic (exact) mass is 268 g/mol. The molecule has 2 fully saturated rings. The molecule has 1 aliphatic carbocycles. The molecule has 2 aliphatic rings. The van der Waals surface area contributed by atoms with Gasteiger partial charge in [-0.05, 0) is 25.0 Å². The van der Waals surface area contributed by atoms with Crippen LogP contribution in [0, 0.1) is 0 Å². The van der Waals surface area contributed by atoms with Gasteiger partial charge >= 0.3 is 5.97 Å². The van der Waals surface area contributed by atoms with Crippen LogP contribution in [0.25, 0.3) is 0 Å². The average molecular weight is 268 g/mol. The van der Waals surface area contributed by atoms with Gasteiger partial charge in [0.2, 0.25) is 5.89 Å². The molecule has 0 spiro atoms. The van der Waals surface area contributed by atoms with Gasteiger partial charge in [-0.15, -0.1) is 0 Å². The molecule has 98 valence electrons. The number of aryl methyl sites for hydroxylation is 1. The normalized spacial score (nSPS) is 23.2. The Morgan fingerprint density at radius 1 is 1.44 bits per heavy atom. The Bertz CT molecular complexity index is 425. The number of hydrogen-bond donors (Lipinski definition) is 0. The predicted octanol–water partition coefficient (Wildman–Crippen LogP) is 1.93. The van der Waals surface area contributed by atoms with Gasteiger partial charge in [-0.3, -0.25) is 4.79 Å². The lowest BCUT2D eigenvalue weighted by atomic mass is 10.3. The summed E-state index contributed by atoms with van der Waals surface area (Å²) in [6.45, 7) is 0. The second-order valence-corrected chi connectivity index (χ2v) is 5.95. The number of carbonyl (C=O) groups excluding carboxylic acids is 1. The number of nitrogens with zero attached hydrogens (tertiary/aromatic N) is 2. The molecular weight excluding hydrogens is 252 g/mol. The molecule has 2 heterocycles. The van der Waals surface area contributed by atoms with Gasteiger partial charge in [0.15, 0.2) is 5.82 Å². The van der Waals surface area contributed by atoms with E-state index in [1.54, 1.807) is 0 Å². The van der Waals surface area contributed by atoms with E-state index < -0.39 is 0 Å². The minimum atomic E-state index is -0.159. The fourth-order valence-corrected chi connectivity index (χ4v) is 3.03. The molecule has 6 heteroatoms. The SMILES string of the molecule is O=C(CCc1nc(C2CC2)no1)OC1CCSC1. The average Bonchev–Trinajstić information content (AvgIpc) is 2.90. The summed E-state index contributed by atoms with van der Waals surface area (Å²) in [5.74, 6) is 3.70. The molecule has 1 aromatic rings. The van der Waals surface area contributed by atoms with Gasteiger partial charge in [0.05, 0.1) is 6.42 Å². The van der Waals surface area contributed by atoms with Crippen molar-refractivity contribution < 1.29 is 14.1 Å². The van der Waals surface area contributed by atoms with E-state index >= 15 is 0 Å². The summed E-state index contributed by atoms with van der Waals surface area (Å²) in [6, 6.07) is 0. The van der Waals surface area contributed by atoms with Crippen LogP contribution < -0.4 is 0 Å². The van der Waals surface area contributed by atoms with Crippen LogP contribution in [-0.4, -0.2) is 33.7 Å². The first kappa shape index (κ1) is 12.0. The molecular formula is C12H16N2O3S. The maximum atomic E-state index is 11.6. The molecule has 0 radical (unpaired) electrons. The van der Waals surface area contributed by atoms with Crippen molar-refractivity contribution in [2.45, 2.75) is 44.1 Å². The van der Waals surface area contributed by atoms with E-state index in [0.29, 0.717) is 24.7 Å². The van der Waals surface area contributed by atoms with E-state index in [9.17, 15) is 4.79 Å². The van der Waals surface area contributed by atoms with Crippen molar-refractivity contribution in [2.75, 3.05) is 11.5 Å². The minimum absolute atomic E-state index is 0.104. The quantitative estimate of drug-likeness (QED) is 0.760. The zero-order chi connectivity index (χ0) is 12.4. The highest BCUT2D eigenvalue weighted by molar-refractivity contribution is 7.99. The maximum absolute atomic E-state index is 11.6. The number of esters is 1. The number of ether oxygens (including phenoxy) is 1. The third-order valence-electron chi connectivity index (χ3n) is 3.16. The Balaban J connectivity index is 1.43. The standard InChI is InChI=1S/C12H16N2O3S/c15-11(16-9-5-6-18-7-9)4-3-10-13-12(14-17-10)8-1-2-8/h8-9H,1-7H2. The summed E-state index contributed by atoms with van der Waals surface area (Å²) in [5, 5.41) is 3.92. The molecule has 0 N–H and O–H groups in total. The second-order valence-electron chi connectivity index (χ2n) is 4.80. The minimum Gasteiger partial charge on any atom is -0.461 e. The summed E-state index contributed by atoms with van der Waals surface area (Å²) >= 11 is 1.83. The Hall–Kier alpha value is -1.04. The molecule has 1 saturated carbocycles. The van der Waals surface area contributed by atoms with Crippen LogP contribution >= 0.6 is 11.8 Å². The van der Waals surface area contributed by atoms with Crippen LogP contribution in [0.2, 0.25) is 0 Å². The van der Waals surface area contributed by atoms with Crippen molar-refractivity contribution in [2.24, 2.45) is 0 Å². The topological polar surface area (TPSA) is 65.2 Å². The Kier molecular flexibility index (Phi) is 3.54. The number of hydrogen-bond acceptors (Lipinski definition) is 6. The van der Waals surface area contributed by atoms with E-state index in [1.165, 1.54) is 0 Å². The lowest BCUT2D eigenvalue weighted by Crippen LogP contribution is -2.17. The largest absolute Gasteiger partial charge is 0.461 e. The van der Waals surface area contributed by atoms with Crippen molar-refractivity contribution >= 4 is 17.7 Å². The molecule has 0 aromatic carbocycles. The van der Waals surface area contributed by atoms with Crippen LogP contribution in [0.4, 0.5) is 0 Å². The van der Waals surface area contributed by atoms with Crippen LogP contribution in [0.3, 0.4) is 0 Å². The summed E-state index contributed by atoms with van der Waals surface area (Å²) in [7, 11) is 0. The number of rotatable bonds is 5. The van der Waals surface area contributed by atoms with Crippen molar-refractivity contribution in [3.63, 3.8) is 0 Å². The second kappa shape index (κ2) is 5.30. The molecule has 1 unspecified atom stereocenters. The fraction of sp³-hybridized carbons (Fsp3) is 0.750. The van der Waals surface area contributed by atoms with Gasteiger partial charge in [0.1, 0.15) is 6.10 Å². The van der Waals surface area contributed by atoms with Crippen molar-refractivity contribution in [1.29, 1.82) is 0 Å². The molecule has 0 bridgehead atoms. The fourth-order valence-electron chi connectivity index (χ4n) is 1.94. The van der Waals surface area contributed by atoms with Crippen LogP contribution in [-0.2, 0) is 16.0 Å². The van der Waals surface area contributed by atoms with Gasteiger partial charge in [0.25, 0.3) is 0 Å². The van der Waals surface area contributed by atoms with E-state index in [1.807, 2.05) is 11.8 Å². The first-order chi connectivity index (χ1) is 8.81. The zero-order valence-corrected chi connectivity index (χ0v) is 10.9. The van der Waals surface area contributed by atoms with Crippen LogP contribution in [0.15, 0.2) is 4.52 Å². The summed E-state index contributed by atoms with van der Waals surface area (Å²) in [6.07, 6.45) is 4.20. The molecule has 0 amide bonds. The van der Waals surface area contributed by atoms with Crippen molar-refractivity contribution in [1.82, 2.24) is 10.1 Å². The lowest BCUT2D eigenvalue weighted by Gasteiger charge is -2.09. The van der Waals surface area contributed by atoms with E-state index in [0.717, 1.165) is 36.6 Å². The van der Waals surface area contributed by atoms with Gasteiger partial charge in [0, 0.05) is 18.1 Å². The van der Waals surface area contributed by atoms with E-state index in [4.69, 9.17) is 9.26 Å². The molecule has 1 atom stereocenters. The summed E-state index contributed by atoms with van der Waals surface area (Å²) in [4.78, 5) is 15.9. The predicted molar refractivity (Wildman–Crippen MR) is 66.4 cm³/mol. The number of thioether (sulfide) groups is 1. The van der Waals surface area contributed by atoms with Gasteiger partial charge in [-0.2, -0.15) is 16.7 Å². The Morgan fingerprint density at radius 3 is 3.06 bits per heavy atom. The Labute approximate surface area is 110 Å². The van der Waals surface area contributed by atoms with Crippen LogP contribution in [0.1, 0.15) is 43.3 Å². The molecule has 1 saturated heterocycles. The molecule has 1 aliphatic heterocycles. The molecule has 1 aromatic heterocycles. The zero-order valence-electron chi connectivity index (χ0n) is 10.1.